The van der Waals surface area contributed by atoms with Gasteiger partial charge in [-0.2, -0.15) is 0 Å². The summed E-state index contributed by atoms with van der Waals surface area (Å²) in [4.78, 5) is 0. The summed E-state index contributed by atoms with van der Waals surface area (Å²) in [6, 6.07) is 5.59. The van der Waals surface area contributed by atoms with Gasteiger partial charge >= 0.3 is 0 Å². The molecular formula is C11H16N2O. The van der Waals surface area contributed by atoms with Gasteiger partial charge in [0.05, 0.1) is 7.11 Å². The van der Waals surface area contributed by atoms with Crippen LogP contribution in [0.5, 0.6) is 5.75 Å². The van der Waals surface area contributed by atoms with Gasteiger partial charge in [-0.3, -0.25) is 0 Å². The van der Waals surface area contributed by atoms with Gasteiger partial charge in [-0.1, -0.05) is 12.2 Å². The van der Waals surface area contributed by atoms with Gasteiger partial charge in [-0.15, -0.1) is 0 Å². The van der Waals surface area contributed by atoms with E-state index in [4.69, 9.17) is 16.2 Å². The molecule has 0 fully saturated rings. The third kappa shape index (κ3) is 2.78. The molecule has 0 radical (unpaired) electrons. The van der Waals surface area contributed by atoms with Gasteiger partial charge < -0.3 is 16.2 Å². The second-order valence-electron chi connectivity index (χ2n) is 2.98. The molecule has 0 amide bonds. The highest BCUT2D eigenvalue weighted by Crippen LogP contribution is 2.22. The molecular weight excluding hydrogens is 176 g/mol. The van der Waals surface area contributed by atoms with E-state index in [0.717, 1.165) is 17.7 Å². The van der Waals surface area contributed by atoms with Gasteiger partial charge in [0.15, 0.2) is 0 Å². The zero-order valence-corrected chi connectivity index (χ0v) is 8.36. The Morgan fingerprint density at radius 3 is 2.86 bits per heavy atom. The molecule has 1 rings (SSSR count). The molecule has 0 heterocycles. The van der Waals surface area contributed by atoms with E-state index >= 15 is 0 Å². The first-order chi connectivity index (χ1) is 6.77. The molecule has 4 N–H and O–H groups in total. The van der Waals surface area contributed by atoms with Crippen molar-refractivity contribution in [3.63, 3.8) is 0 Å². The maximum Gasteiger partial charge on any atom is 0.128 e. The Bertz CT molecular complexity index is 321. The summed E-state index contributed by atoms with van der Waals surface area (Å²) < 4.78 is 5.19. The van der Waals surface area contributed by atoms with Crippen molar-refractivity contribution < 1.29 is 4.74 Å². The maximum absolute atomic E-state index is 5.63. The van der Waals surface area contributed by atoms with E-state index in [0.29, 0.717) is 12.2 Å². The van der Waals surface area contributed by atoms with Gasteiger partial charge in [-0.05, 0) is 25.1 Å². The predicted molar refractivity (Wildman–Crippen MR) is 60.1 cm³/mol. The first kappa shape index (κ1) is 10.6. The number of nitrogen functional groups attached to an aromatic ring is 1. The predicted octanol–water partition coefficient (Wildman–Crippen LogP) is 1.64. The van der Waals surface area contributed by atoms with Gasteiger partial charge in [0.1, 0.15) is 5.75 Å². The van der Waals surface area contributed by atoms with Crippen LogP contribution < -0.4 is 16.2 Å². The summed E-state index contributed by atoms with van der Waals surface area (Å²) in [5.74, 6) is 0.790. The van der Waals surface area contributed by atoms with Crippen LogP contribution in [0, 0.1) is 0 Å². The van der Waals surface area contributed by atoms with Gasteiger partial charge in [0.2, 0.25) is 0 Å². The highest BCUT2D eigenvalue weighted by atomic mass is 16.5. The average Bonchev–Trinajstić information content (AvgIpc) is 2.20. The lowest BCUT2D eigenvalue weighted by atomic mass is 10.1. The van der Waals surface area contributed by atoms with Crippen molar-refractivity contribution in [3.05, 3.63) is 29.8 Å². The van der Waals surface area contributed by atoms with E-state index in [1.54, 1.807) is 7.11 Å². The molecule has 0 saturated heterocycles. The fourth-order valence-electron chi connectivity index (χ4n) is 1.17. The molecule has 0 aliphatic carbocycles. The van der Waals surface area contributed by atoms with Gasteiger partial charge in [0, 0.05) is 17.3 Å². The number of hydrogen-bond acceptors (Lipinski definition) is 3. The molecule has 1 aromatic carbocycles. The molecule has 1 aromatic rings. The zero-order valence-electron chi connectivity index (χ0n) is 8.36. The quantitative estimate of drug-likeness (QED) is 0.713. The van der Waals surface area contributed by atoms with Crippen LogP contribution in [0.25, 0.3) is 6.08 Å². The summed E-state index contributed by atoms with van der Waals surface area (Å²) in [5.41, 5.74) is 12.7. The van der Waals surface area contributed by atoms with Crippen LogP contribution in [0.4, 0.5) is 5.69 Å². The summed E-state index contributed by atoms with van der Waals surface area (Å²) in [6.07, 6.45) is 4.88. The Balaban J connectivity index is 2.85. The topological polar surface area (TPSA) is 61.3 Å². The maximum atomic E-state index is 5.63. The Labute approximate surface area is 84.4 Å². The lowest BCUT2D eigenvalue weighted by Gasteiger charge is -2.05. The molecule has 14 heavy (non-hydrogen) atoms. The fraction of sp³-hybridized carbons (Fsp3) is 0.273. The molecule has 0 aromatic heterocycles. The van der Waals surface area contributed by atoms with E-state index in [9.17, 15) is 0 Å². The van der Waals surface area contributed by atoms with Crippen molar-refractivity contribution in [2.45, 2.75) is 6.42 Å². The Morgan fingerprint density at radius 1 is 1.43 bits per heavy atom. The average molecular weight is 192 g/mol. The van der Waals surface area contributed by atoms with Crippen LogP contribution in [0.15, 0.2) is 24.3 Å². The van der Waals surface area contributed by atoms with Crippen LogP contribution in [0.1, 0.15) is 12.0 Å². The van der Waals surface area contributed by atoms with Crippen molar-refractivity contribution in [2.24, 2.45) is 5.73 Å². The summed E-state index contributed by atoms with van der Waals surface area (Å²) in [6.45, 7) is 0.661. The highest BCUT2D eigenvalue weighted by Gasteiger charge is 1.98. The lowest BCUT2D eigenvalue weighted by Crippen LogP contribution is -1.95. The molecule has 3 heteroatoms. The van der Waals surface area contributed by atoms with E-state index < -0.39 is 0 Å². The van der Waals surface area contributed by atoms with Crippen LogP contribution in [0.3, 0.4) is 0 Å². The molecule has 0 unspecified atom stereocenters. The minimum absolute atomic E-state index is 0.661. The van der Waals surface area contributed by atoms with Gasteiger partial charge in [0.25, 0.3) is 0 Å². The lowest BCUT2D eigenvalue weighted by molar-refractivity contribution is 0.414. The fourth-order valence-corrected chi connectivity index (χ4v) is 1.17. The minimum atomic E-state index is 0.661. The molecule has 0 bridgehead atoms. The van der Waals surface area contributed by atoms with Crippen LogP contribution in [0.2, 0.25) is 0 Å². The van der Waals surface area contributed by atoms with Crippen molar-refractivity contribution >= 4 is 11.8 Å². The monoisotopic (exact) mass is 192 g/mol. The Morgan fingerprint density at radius 2 is 2.21 bits per heavy atom. The number of methoxy groups -OCH3 is 1. The number of rotatable bonds is 4. The highest BCUT2D eigenvalue weighted by molar-refractivity contribution is 5.61. The third-order valence-corrected chi connectivity index (χ3v) is 1.89. The second-order valence-corrected chi connectivity index (χ2v) is 2.98. The van der Waals surface area contributed by atoms with Crippen molar-refractivity contribution in [3.8, 4) is 5.75 Å². The second kappa shape index (κ2) is 5.29. The summed E-state index contributed by atoms with van der Waals surface area (Å²) in [7, 11) is 1.63. The third-order valence-electron chi connectivity index (χ3n) is 1.89. The normalized spacial score (nSPS) is 10.7. The van der Waals surface area contributed by atoms with E-state index in [1.165, 1.54) is 0 Å². The molecule has 0 aliphatic heterocycles. The minimum Gasteiger partial charge on any atom is -0.496 e. The smallest absolute Gasteiger partial charge is 0.128 e. The Kier molecular flexibility index (Phi) is 4.01. The zero-order chi connectivity index (χ0) is 10.4. The Hall–Kier alpha value is -1.48. The van der Waals surface area contributed by atoms with Crippen molar-refractivity contribution in [1.29, 1.82) is 0 Å². The van der Waals surface area contributed by atoms with Gasteiger partial charge in [-0.25, -0.2) is 0 Å². The number of ether oxygens (including phenoxy) is 1. The van der Waals surface area contributed by atoms with E-state index in [2.05, 4.69) is 0 Å². The number of hydrogen-bond donors (Lipinski definition) is 2. The molecule has 0 spiro atoms. The molecule has 76 valence electrons. The van der Waals surface area contributed by atoms with Crippen LogP contribution >= 0.6 is 0 Å². The van der Waals surface area contributed by atoms with E-state index in [1.807, 2.05) is 30.4 Å². The largest absolute Gasteiger partial charge is 0.496 e. The molecule has 0 saturated carbocycles. The first-order valence-corrected chi connectivity index (χ1v) is 4.58. The van der Waals surface area contributed by atoms with E-state index in [-0.39, 0.29) is 0 Å². The first-order valence-electron chi connectivity index (χ1n) is 4.58. The SMILES string of the molecule is COc1cc(N)ccc1C=CCCN. The standard InChI is InChI=1S/C11H16N2O/c1-14-11-8-10(13)6-5-9(11)4-2-3-7-12/h2,4-6,8H,3,7,12-13H2,1H3. The molecule has 3 nitrogen and oxygen atoms in total. The number of benzene rings is 1. The molecule has 0 atom stereocenters. The van der Waals surface area contributed by atoms with Crippen LogP contribution in [-0.4, -0.2) is 13.7 Å². The summed E-state index contributed by atoms with van der Waals surface area (Å²) >= 11 is 0. The van der Waals surface area contributed by atoms with Crippen LogP contribution in [-0.2, 0) is 0 Å². The number of nitrogens with two attached hydrogens (primary N) is 2. The van der Waals surface area contributed by atoms with Crippen molar-refractivity contribution in [2.75, 3.05) is 19.4 Å². The molecule has 0 aliphatic rings. The van der Waals surface area contributed by atoms with Crippen molar-refractivity contribution in [1.82, 2.24) is 0 Å². The summed E-state index contributed by atoms with van der Waals surface area (Å²) in [5, 5.41) is 0. The number of anilines is 1.